The van der Waals surface area contributed by atoms with Crippen LogP contribution in [0.3, 0.4) is 0 Å². The number of nitrogens with zero attached hydrogens (tertiary/aromatic N) is 2. The molecule has 160 valence electrons. The number of hydrogen-bond acceptors (Lipinski definition) is 5. The van der Waals surface area contributed by atoms with Gasteiger partial charge in [-0.15, -0.1) is 24.5 Å². The van der Waals surface area contributed by atoms with E-state index in [2.05, 4.69) is 15.0 Å². The Kier molecular flexibility index (Phi) is 8.42. The Bertz CT molecular complexity index is 870. The van der Waals surface area contributed by atoms with Crippen molar-refractivity contribution in [2.24, 2.45) is 10.7 Å². The third kappa shape index (κ3) is 7.64. The summed E-state index contributed by atoms with van der Waals surface area (Å²) in [4.78, 5) is 17.6. The second-order valence-electron chi connectivity index (χ2n) is 6.60. The van der Waals surface area contributed by atoms with Crippen molar-refractivity contribution in [3.05, 3.63) is 45.2 Å². The van der Waals surface area contributed by atoms with Gasteiger partial charge in [-0.2, -0.15) is 0 Å². The van der Waals surface area contributed by atoms with E-state index in [4.69, 9.17) is 5.73 Å². The summed E-state index contributed by atoms with van der Waals surface area (Å²) in [6.07, 6.45) is -2.30. The molecule has 0 saturated heterocycles. The first-order valence-electron chi connectivity index (χ1n) is 9.20. The number of halogens is 3. The average Bonchev–Trinajstić information content (AvgIpc) is 2.99. The number of unbranched alkanes of at least 4 members (excludes halogenated alkanes) is 2. The monoisotopic (exact) mass is 430 g/mol. The number of nitrogens with two attached hydrogens (primary N) is 1. The lowest BCUT2D eigenvalue weighted by Crippen LogP contribution is -2.32. The van der Waals surface area contributed by atoms with Gasteiger partial charge in [0, 0.05) is 11.9 Å². The zero-order chi connectivity index (χ0) is 21.4. The summed E-state index contributed by atoms with van der Waals surface area (Å²) >= 11 is 1.26. The van der Waals surface area contributed by atoms with Gasteiger partial charge in [-0.3, -0.25) is 9.53 Å². The van der Waals surface area contributed by atoms with Crippen LogP contribution in [-0.2, 0) is 11.3 Å². The topological polar surface area (TPSA) is 81.6 Å². The molecule has 2 rings (SSSR count). The fraction of sp³-hybridized carbons (Fsp3) is 0.474. The van der Waals surface area contributed by atoms with Crippen molar-refractivity contribution in [1.29, 1.82) is 0 Å². The molecule has 0 aliphatic carbocycles. The van der Waals surface area contributed by atoms with Crippen molar-refractivity contribution in [2.75, 3.05) is 13.3 Å². The van der Waals surface area contributed by atoms with E-state index in [1.807, 2.05) is 32.0 Å². The van der Waals surface area contributed by atoms with Crippen LogP contribution in [0.4, 0.5) is 18.9 Å². The third-order valence-corrected chi connectivity index (χ3v) is 4.88. The maximum absolute atomic E-state index is 12.4. The number of rotatable bonds is 9. The number of amides is 1. The minimum absolute atomic E-state index is 0.247. The molecule has 0 fully saturated rings. The number of benzene rings is 1. The molecule has 0 saturated carbocycles. The van der Waals surface area contributed by atoms with E-state index >= 15 is 0 Å². The highest BCUT2D eigenvalue weighted by Crippen LogP contribution is 2.17. The lowest BCUT2D eigenvalue weighted by molar-refractivity contribution is -0.325. The molecular formula is C19H25F3N4O2S. The standard InChI is InChI=1S/C19H25F3N4O2S/c1-13-8-14(2)10-15(9-13)25-18-26(7-5-3-4-6-23)16(11-29-18)17(27)24-12-28-19(20,21)22/h8-11H,3-7,12,23H2,1-2H3,(H,24,27). The van der Waals surface area contributed by atoms with E-state index in [9.17, 15) is 18.0 Å². The normalized spacial score (nSPS) is 12.4. The second-order valence-corrected chi connectivity index (χ2v) is 7.44. The molecule has 1 aromatic heterocycles. The van der Waals surface area contributed by atoms with Crippen LogP contribution in [-0.4, -0.2) is 30.1 Å². The predicted molar refractivity (Wildman–Crippen MR) is 106 cm³/mol. The first kappa shape index (κ1) is 23.1. The summed E-state index contributed by atoms with van der Waals surface area (Å²) in [5.74, 6) is -0.647. The van der Waals surface area contributed by atoms with Gasteiger partial charge in [0.05, 0.1) is 5.69 Å². The fourth-order valence-electron chi connectivity index (χ4n) is 2.81. The first-order valence-corrected chi connectivity index (χ1v) is 10.1. The van der Waals surface area contributed by atoms with E-state index in [-0.39, 0.29) is 5.69 Å². The van der Waals surface area contributed by atoms with E-state index < -0.39 is 19.0 Å². The molecule has 0 spiro atoms. The Labute approximate surface area is 171 Å². The van der Waals surface area contributed by atoms with Gasteiger partial charge in [0.15, 0.2) is 4.80 Å². The summed E-state index contributed by atoms with van der Waals surface area (Å²) in [7, 11) is 0. The van der Waals surface area contributed by atoms with Gasteiger partial charge >= 0.3 is 6.36 Å². The molecule has 1 aromatic carbocycles. The molecule has 0 aliphatic heterocycles. The largest absolute Gasteiger partial charge is 0.524 e. The summed E-state index contributed by atoms with van der Waals surface area (Å²) in [6, 6.07) is 5.90. The van der Waals surface area contributed by atoms with Crippen molar-refractivity contribution in [1.82, 2.24) is 9.88 Å². The quantitative estimate of drug-likeness (QED) is 0.470. The Morgan fingerprint density at radius 1 is 1.21 bits per heavy atom. The molecule has 3 N–H and O–H groups in total. The minimum atomic E-state index is -4.80. The smallest absolute Gasteiger partial charge is 0.330 e. The summed E-state index contributed by atoms with van der Waals surface area (Å²) < 4.78 is 41.8. The van der Waals surface area contributed by atoms with Crippen LogP contribution in [0.15, 0.2) is 28.6 Å². The molecule has 0 atom stereocenters. The molecule has 0 radical (unpaired) electrons. The van der Waals surface area contributed by atoms with Crippen molar-refractivity contribution in [3.8, 4) is 0 Å². The second kappa shape index (κ2) is 10.6. The molecule has 10 heteroatoms. The van der Waals surface area contributed by atoms with Crippen molar-refractivity contribution < 1.29 is 22.7 Å². The van der Waals surface area contributed by atoms with Crippen LogP contribution in [0.5, 0.6) is 0 Å². The number of ether oxygens (including phenoxy) is 1. The zero-order valence-electron chi connectivity index (χ0n) is 16.4. The van der Waals surface area contributed by atoms with Crippen LogP contribution in [0.2, 0.25) is 0 Å². The van der Waals surface area contributed by atoms with Gasteiger partial charge in [-0.25, -0.2) is 4.99 Å². The van der Waals surface area contributed by atoms with Crippen LogP contribution in [0, 0.1) is 13.8 Å². The number of aromatic nitrogens is 1. The predicted octanol–water partition coefficient (Wildman–Crippen LogP) is 3.75. The van der Waals surface area contributed by atoms with E-state index in [0.717, 1.165) is 36.1 Å². The van der Waals surface area contributed by atoms with Gasteiger partial charge in [-0.1, -0.05) is 12.5 Å². The number of nitrogens with one attached hydrogen (secondary N) is 1. The average molecular weight is 430 g/mol. The molecule has 0 unspecified atom stereocenters. The fourth-order valence-corrected chi connectivity index (χ4v) is 3.73. The Morgan fingerprint density at radius 3 is 2.52 bits per heavy atom. The molecule has 0 aliphatic rings. The summed E-state index contributed by atoms with van der Waals surface area (Å²) in [5, 5.41) is 3.73. The SMILES string of the molecule is Cc1cc(C)cc(N=c2scc(C(=O)NCOC(F)(F)F)n2CCCCCN)c1. The van der Waals surface area contributed by atoms with Gasteiger partial charge < -0.3 is 15.6 Å². The van der Waals surface area contributed by atoms with Gasteiger partial charge in [0.25, 0.3) is 5.91 Å². The number of aryl methyl sites for hydroxylation is 2. The molecular weight excluding hydrogens is 405 g/mol. The highest BCUT2D eigenvalue weighted by Gasteiger charge is 2.29. The molecule has 6 nitrogen and oxygen atoms in total. The Morgan fingerprint density at radius 2 is 1.90 bits per heavy atom. The van der Waals surface area contributed by atoms with E-state index in [1.165, 1.54) is 11.3 Å². The third-order valence-electron chi connectivity index (χ3n) is 4.02. The number of carbonyl (C=O) groups excluding carboxylic acids is 1. The molecule has 2 aromatic rings. The first-order chi connectivity index (χ1) is 13.7. The maximum Gasteiger partial charge on any atom is 0.524 e. The number of hydrogen-bond donors (Lipinski definition) is 2. The van der Waals surface area contributed by atoms with Gasteiger partial charge in [0.1, 0.15) is 12.4 Å². The van der Waals surface area contributed by atoms with E-state index in [1.54, 1.807) is 9.95 Å². The zero-order valence-corrected chi connectivity index (χ0v) is 17.2. The highest BCUT2D eigenvalue weighted by molar-refractivity contribution is 7.07. The summed E-state index contributed by atoms with van der Waals surface area (Å²) in [5.41, 5.74) is 8.66. The number of carbonyl (C=O) groups is 1. The molecule has 1 amide bonds. The van der Waals surface area contributed by atoms with Gasteiger partial charge in [-0.05, 0) is 56.5 Å². The van der Waals surface area contributed by atoms with Crippen LogP contribution < -0.4 is 15.9 Å². The molecule has 1 heterocycles. The number of thiazole rings is 1. The van der Waals surface area contributed by atoms with Crippen molar-refractivity contribution >= 4 is 22.9 Å². The lowest BCUT2D eigenvalue weighted by atomic mass is 10.1. The van der Waals surface area contributed by atoms with Crippen molar-refractivity contribution in [2.45, 2.75) is 46.0 Å². The maximum atomic E-state index is 12.4. The molecule has 0 bridgehead atoms. The van der Waals surface area contributed by atoms with Crippen LogP contribution in [0.1, 0.15) is 40.9 Å². The number of alkyl halides is 3. The Hall–Kier alpha value is -2.17. The van der Waals surface area contributed by atoms with Crippen LogP contribution >= 0.6 is 11.3 Å². The van der Waals surface area contributed by atoms with E-state index in [0.29, 0.717) is 17.9 Å². The molecule has 29 heavy (non-hydrogen) atoms. The minimum Gasteiger partial charge on any atom is -0.330 e. The van der Waals surface area contributed by atoms with Crippen LogP contribution in [0.25, 0.3) is 0 Å². The lowest BCUT2D eigenvalue weighted by Gasteiger charge is -2.11. The summed E-state index contributed by atoms with van der Waals surface area (Å²) in [6.45, 7) is 4.09. The highest BCUT2D eigenvalue weighted by atomic mass is 32.1. The van der Waals surface area contributed by atoms with Crippen molar-refractivity contribution in [3.63, 3.8) is 0 Å². The van der Waals surface area contributed by atoms with Gasteiger partial charge in [0.2, 0.25) is 0 Å². The Balaban J connectivity index is 2.28.